The quantitative estimate of drug-likeness (QED) is 0.616. The van der Waals surface area contributed by atoms with Crippen LogP contribution in [0.25, 0.3) is 0 Å². The van der Waals surface area contributed by atoms with Gasteiger partial charge in [-0.15, -0.1) is 11.3 Å². The van der Waals surface area contributed by atoms with Crippen molar-refractivity contribution in [3.05, 3.63) is 45.8 Å². The van der Waals surface area contributed by atoms with Crippen molar-refractivity contribution in [2.75, 3.05) is 12.4 Å². The summed E-state index contributed by atoms with van der Waals surface area (Å²) in [7, 11) is 1.57. The van der Waals surface area contributed by atoms with Gasteiger partial charge in [0.2, 0.25) is 0 Å². The third-order valence-electron chi connectivity index (χ3n) is 4.34. The minimum atomic E-state index is -0.304. The van der Waals surface area contributed by atoms with Crippen LogP contribution in [0.1, 0.15) is 45.6 Å². The molecule has 0 atom stereocenters. The zero-order valence-electron chi connectivity index (χ0n) is 14.4. The number of carbonyl (C=O) groups excluding carboxylic acids is 1. The maximum atomic E-state index is 12.3. The number of carbonyl (C=O) groups is 1. The van der Waals surface area contributed by atoms with Gasteiger partial charge in [0.25, 0.3) is 5.91 Å². The third-order valence-corrected chi connectivity index (χ3v) is 5.75. The number of nitrogens with one attached hydrogen (secondary N) is 2. The van der Waals surface area contributed by atoms with E-state index in [1.807, 2.05) is 0 Å². The molecule has 1 aliphatic rings. The Morgan fingerprint density at radius 2 is 1.96 bits per heavy atom. The average molecular weight is 386 g/mol. The van der Waals surface area contributed by atoms with Gasteiger partial charge in [-0.05, 0) is 67.7 Å². The van der Waals surface area contributed by atoms with Crippen molar-refractivity contribution in [2.24, 2.45) is 0 Å². The van der Waals surface area contributed by atoms with E-state index >= 15 is 0 Å². The molecule has 2 aromatic rings. The van der Waals surface area contributed by atoms with E-state index in [2.05, 4.69) is 16.7 Å². The second-order valence-corrected chi connectivity index (χ2v) is 7.53. The van der Waals surface area contributed by atoms with Gasteiger partial charge in [-0.3, -0.25) is 10.1 Å². The molecule has 0 saturated heterocycles. The summed E-state index contributed by atoms with van der Waals surface area (Å²) in [6.45, 7) is 0. The number of nitriles is 1. The number of benzene rings is 1. The summed E-state index contributed by atoms with van der Waals surface area (Å²) in [6.07, 6.45) is 5.39. The number of hydrogen-bond acceptors (Lipinski definition) is 5. The molecule has 0 aliphatic heterocycles. The molecule has 1 aromatic carbocycles. The van der Waals surface area contributed by atoms with Crippen LogP contribution in [0.4, 0.5) is 5.00 Å². The zero-order valence-corrected chi connectivity index (χ0v) is 16.1. The molecule has 1 amide bonds. The Balaban J connectivity index is 1.70. The van der Waals surface area contributed by atoms with E-state index in [0.717, 1.165) is 36.2 Å². The van der Waals surface area contributed by atoms with Crippen LogP contribution in [0.2, 0.25) is 0 Å². The Kier molecular flexibility index (Phi) is 5.86. The number of thiophene rings is 1. The number of fused-ring (bicyclic) bond motifs is 1. The van der Waals surface area contributed by atoms with Crippen LogP contribution in [0.5, 0.6) is 5.75 Å². The van der Waals surface area contributed by atoms with Gasteiger partial charge in [0.15, 0.2) is 5.11 Å². The molecule has 7 heteroatoms. The highest BCUT2D eigenvalue weighted by molar-refractivity contribution is 7.80. The summed E-state index contributed by atoms with van der Waals surface area (Å²) in [5.41, 5.74) is 2.28. The Morgan fingerprint density at radius 1 is 1.23 bits per heavy atom. The first kappa shape index (κ1) is 18.4. The van der Waals surface area contributed by atoms with Crippen molar-refractivity contribution in [1.82, 2.24) is 5.32 Å². The molecular weight excluding hydrogens is 366 g/mol. The van der Waals surface area contributed by atoms with Gasteiger partial charge in [-0.25, -0.2) is 0 Å². The maximum Gasteiger partial charge on any atom is 0.257 e. The SMILES string of the molecule is COc1ccc(C(=O)NC(=S)Nc2sc3c(c2C#N)CCCCC3)cc1. The van der Waals surface area contributed by atoms with Crippen molar-refractivity contribution >= 4 is 39.6 Å². The zero-order chi connectivity index (χ0) is 18.5. The van der Waals surface area contributed by atoms with E-state index in [4.69, 9.17) is 17.0 Å². The van der Waals surface area contributed by atoms with E-state index in [-0.39, 0.29) is 11.0 Å². The number of anilines is 1. The lowest BCUT2D eigenvalue weighted by Crippen LogP contribution is -2.34. The van der Waals surface area contributed by atoms with E-state index in [9.17, 15) is 10.1 Å². The summed E-state index contributed by atoms with van der Waals surface area (Å²) >= 11 is 6.83. The summed E-state index contributed by atoms with van der Waals surface area (Å²) < 4.78 is 5.08. The lowest BCUT2D eigenvalue weighted by Gasteiger charge is -2.09. The Bertz CT molecular complexity index is 866. The predicted molar refractivity (Wildman–Crippen MR) is 107 cm³/mol. The fourth-order valence-corrected chi connectivity index (χ4v) is 4.50. The third kappa shape index (κ3) is 4.03. The molecule has 0 saturated carbocycles. The molecule has 0 bridgehead atoms. The highest BCUT2D eigenvalue weighted by Gasteiger charge is 2.20. The van der Waals surface area contributed by atoms with E-state index in [1.165, 1.54) is 11.3 Å². The van der Waals surface area contributed by atoms with E-state index < -0.39 is 0 Å². The molecule has 0 fully saturated rings. The Morgan fingerprint density at radius 3 is 2.65 bits per heavy atom. The Labute approximate surface area is 162 Å². The molecule has 3 rings (SSSR count). The van der Waals surface area contributed by atoms with E-state index in [0.29, 0.717) is 16.9 Å². The first-order chi connectivity index (χ1) is 12.6. The molecule has 0 radical (unpaired) electrons. The fourth-order valence-electron chi connectivity index (χ4n) is 3.00. The average Bonchev–Trinajstić information content (AvgIpc) is 2.81. The molecule has 1 aromatic heterocycles. The van der Waals surface area contributed by atoms with Crippen molar-refractivity contribution in [1.29, 1.82) is 5.26 Å². The summed E-state index contributed by atoms with van der Waals surface area (Å²) in [4.78, 5) is 13.6. The molecule has 134 valence electrons. The minimum absolute atomic E-state index is 0.193. The first-order valence-electron chi connectivity index (χ1n) is 8.43. The second kappa shape index (κ2) is 8.30. The van der Waals surface area contributed by atoms with Gasteiger partial charge in [0.1, 0.15) is 16.8 Å². The molecule has 2 N–H and O–H groups in total. The summed E-state index contributed by atoms with van der Waals surface area (Å²) in [6, 6.07) is 9.07. The summed E-state index contributed by atoms with van der Waals surface area (Å²) in [5.74, 6) is 0.378. The number of hydrogen-bond donors (Lipinski definition) is 2. The molecule has 1 heterocycles. The monoisotopic (exact) mass is 385 g/mol. The number of thiocarbonyl (C=S) groups is 1. The number of rotatable bonds is 3. The molecule has 5 nitrogen and oxygen atoms in total. The van der Waals surface area contributed by atoms with E-state index in [1.54, 1.807) is 42.7 Å². The molecule has 26 heavy (non-hydrogen) atoms. The second-order valence-electron chi connectivity index (χ2n) is 6.02. The molecular formula is C19H19N3O2S2. The van der Waals surface area contributed by atoms with Crippen molar-refractivity contribution < 1.29 is 9.53 Å². The fraction of sp³-hybridized carbons (Fsp3) is 0.316. The lowest BCUT2D eigenvalue weighted by atomic mass is 10.1. The van der Waals surface area contributed by atoms with Gasteiger partial charge in [0.05, 0.1) is 12.7 Å². The smallest absolute Gasteiger partial charge is 0.257 e. The normalized spacial score (nSPS) is 13.1. The van der Waals surface area contributed by atoms with Crippen LogP contribution in [0, 0.1) is 11.3 Å². The molecule has 0 unspecified atom stereocenters. The number of nitrogens with zero attached hydrogens (tertiary/aromatic N) is 1. The van der Waals surface area contributed by atoms with Crippen LogP contribution in [-0.2, 0) is 12.8 Å². The number of amides is 1. The van der Waals surface area contributed by atoms with Crippen LogP contribution in [-0.4, -0.2) is 18.1 Å². The van der Waals surface area contributed by atoms with Crippen molar-refractivity contribution in [2.45, 2.75) is 32.1 Å². The highest BCUT2D eigenvalue weighted by Crippen LogP contribution is 2.36. The van der Waals surface area contributed by atoms with Gasteiger partial charge in [-0.2, -0.15) is 5.26 Å². The number of ether oxygens (including phenoxy) is 1. The van der Waals surface area contributed by atoms with Crippen LogP contribution in [0.3, 0.4) is 0 Å². The first-order valence-corrected chi connectivity index (χ1v) is 9.66. The van der Waals surface area contributed by atoms with Gasteiger partial charge in [0, 0.05) is 10.4 Å². The Hall–Kier alpha value is -2.43. The van der Waals surface area contributed by atoms with Gasteiger partial charge in [-0.1, -0.05) is 6.42 Å². The predicted octanol–water partition coefficient (Wildman–Crippen LogP) is 4.02. The van der Waals surface area contributed by atoms with Crippen LogP contribution in [0.15, 0.2) is 24.3 Å². The van der Waals surface area contributed by atoms with Crippen LogP contribution >= 0.6 is 23.6 Å². The molecule has 0 spiro atoms. The lowest BCUT2D eigenvalue weighted by molar-refractivity contribution is 0.0977. The van der Waals surface area contributed by atoms with Gasteiger partial charge >= 0.3 is 0 Å². The van der Waals surface area contributed by atoms with Gasteiger partial charge < -0.3 is 10.1 Å². The van der Waals surface area contributed by atoms with Crippen molar-refractivity contribution in [3.63, 3.8) is 0 Å². The molecule has 1 aliphatic carbocycles. The highest BCUT2D eigenvalue weighted by atomic mass is 32.1. The van der Waals surface area contributed by atoms with Crippen LogP contribution < -0.4 is 15.4 Å². The number of methoxy groups -OCH3 is 1. The topological polar surface area (TPSA) is 74.2 Å². The minimum Gasteiger partial charge on any atom is -0.497 e. The summed E-state index contributed by atoms with van der Waals surface area (Å²) in [5, 5.41) is 16.2. The van der Waals surface area contributed by atoms with Crippen molar-refractivity contribution in [3.8, 4) is 11.8 Å². The standard InChI is InChI=1S/C19H19N3O2S2/c1-24-13-9-7-12(8-10-13)17(23)21-19(25)22-18-15(11-20)14-5-3-2-4-6-16(14)26-18/h7-10H,2-6H2,1H3,(H2,21,22,23,25). The maximum absolute atomic E-state index is 12.3. The number of aryl methyl sites for hydroxylation is 1. The largest absolute Gasteiger partial charge is 0.497 e.